The number of hydrogen-bond donors (Lipinski definition) is 1. The van der Waals surface area contributed by atoms with Crippen LogP contribution in [-0.4, -0.2) is 32.2 Å². The summed E-state index contributed by atoms with van der Waals surface area (Å²) in [6.07, 6.45) is 1.80. The Hall–Kier alpha value is -2.45. The maximum Gasteiger partial charge on any atom is 0.326 e. The van der Waals surface area contributed by atoms with Crippen LogP contribution in [0.2, 0.25) is 0 Å². The van der Waals surface area contributed by atoms with Gasteiger partial charge < -0.3 is 9.52 Å². The summed E-state index contributed by atoms with van der Waals surface area (Å²) in [6, 6.07) is 8.45. The first-order valence-electron chi connectivity index (χ1n) is 8.62. The van der Waals surface area contributed by atoms with Crippen molar-refractivity contribution in [2.45, 2.75) is 26.3 Å². The zero-order valence-corrected chi connectivity index (χ0v) is 16.8. The largest absolute Gasteiger partial charge is 0.480 e. The number of aliphatic carboxylic acids is 1. The van der Waals surface area contributed by atoms with Crippen molar-refractivity contribution >= 4 is 46.3 Å². The van der Waals surface area contributed by atoms with E-state index in [1.165, 1.54) is 12.1 Å². The van der Waals surface area contributed by atoms with Gasteiger partial charge in [0.1, 0.15) is 27.7 Å². The fourth-order valence-electron chi connectivity index (χ4n) is 2.88. The van der Waals surface area contributed by atoms with Crippen molar-refractivity contribution in [2.24, 2.45) is 5.92 Å². The summed E-state index contributed by atoms with van der Waals surface area (Å²) in [6.45, 7) is 3.77. The van der Waals surface area contributed by atoms with E-state index >= 15 is 0 Å². The molecule has 0 spiro atoms. The van der Waals surface area contributed by atoms with Gasteiger partial charge in [0.05, 0.1) is 10.5 Å². The van der Waals surface area contributed by atoms with Crippen LogP contribution in [0.5, 0.6) is 0 Å². The highest BCUT2D eigenvalue weighted by Gasteiger charge is 2.40. The van der Waals surface area contributed by atoms with Crippen LogP contribution in [0, 0.1) is 11.7 Å². The van der Waals surface area contributed by atoms with E-state index in [0.717, 1.165) is 16.7 Å². The highest BCUT2D eigenvalue weighted by Crippen LogP contribution is 2.36. The average molecular weight is 419 g/mol. The molecule has 1 saturated heterocycles. The van der Waals surface area contributed by atoms with Gasteiger partial charge in [-0.2, -0.15) is 0 Å². The molecule has 1 unspecified atom stereocenters. The minimum atomic E-state index is -1.09. The molecule has 1 aromatic carbocycles. The van der Waals surface area contributed by atoms with Crippen LogP contribution < -0.4 is 0 Å². The first-order valence-corrected chi connectivity index (χ1v) is 9.85. The number of carbonyl (C=O) groups excluding carboxylic acids is 1. The predicted molar refractivity (Wildman–Crippen MR) is 110 cm³/mol. The molecule has 1 aliphatic heterocycles. The second kappa shape index (κ2) is 8.28. The number of thiocarbonyl (C=S) groups is 1. The summed E-state index contributed by atoms with van der Waals surface area (Å²) < 4.78 is 19.8. The molecule has 1 aliphatic rings. The Morgan fingerprint density at radius 1 is 1.32 bits per heavy atom. The number of amides is 1. The smallest absolute Gasteiger partial charge is 0.326 e. The van der Waals surface area contributed by atoms with Gasteiger partial charge >= 0.3 is 5.97 Å². The Morgan fingerprint density at radius 3 is 2.68 bits per heavy atom. The number of carboxylic acids is 1. The Balaban J connectivity index is 1.86. The van der Waals surface area contributed by atoms with Crippen LogP contribution >= 0.6 is 24.0 Å². The standard InChI is InChI=1S/C20H18FNO4S2/c1-11(2)9-15(19(24)25)22-18(23)17(28-20(22)27)10-12-7-8-16(26-12)13-5-3-4-6-14(13)21/h3-8,10-11,15H,9H2,1-2H3,(H,24,25). The van der Waals surface area contributed by atoms with Crippen LogP contribution in [0.25, 0.3) is 17.4 Å². The number of rotatable bonds is 6. The second-order valence-corrected chi connectivity index (χ2v) is 8.39. The molecule has 1 aromatic heterocycles. The van der Waals surface area contributed by atoms with Gasteiger partial charge in [-0.1, -0.05) is 50.0 Å². The molecule has 1 atom stereocenters. The van der Waals surface area contributed by atoms with Gasteiger partial charge in [-0.25, -0.2) is 9.18 Å². The van der Waals surface area contributed by atoms with Gasteiger partial charge in [-0.15, -0.1) is 0 Å². The molecular weight excluding hydrogens is 401 g/mol. The highest BCUT2D eigenvalue weighted by atomic mass is 32.2. The van der Waals surface area contributed by atoms with Crippen molar-refractivity contribution in [1.29, 1.82) is 0 Å². The minimum Gasteiger partial charge on any atom is -0.480 e. The summed E-state index contributed by atoms with van der Waals surface area (Å²) in [4.78, 5) is 25.8. The number of carboxylic acid groups (broad SMARTS) is 1. The fraction of sp³-hybridized carbons (Fsp3) is 0.250. The van der Waals surface area contributed by atoms with Crippen LogP contribution in [0.1, 0.15) is 26.0 Å². The molecule has 146 valence electrons. The quantitative estimate of drug-likeness (QED) is 0.536. The lowest BCUT2D eigenvalue weighted by molar-refractivity contribution is -0.145. The molecule has 1 N–H and O–H groups in total. The third-order valence-electron chi connectivity index (χ3n) is 4.15. The topological polar surface area (TPSA) is 70.8 Å². The molecular formula is C20H18FNO4S2. The second-order valence-electron chi connectivity index (χ2n) is 6.72. The molecule has 0 aliphatic carbocycles. The van der Waals surface area contributed by atoms with Crippen LogP contribution in [0.15, 0.2) is 45.7 Å². The number of carbonyl (C=O) groups is 2. The number of halogens is 1. The van der Waals surface area contributed by atoms with Gasteiger partial charge in [0, 0.05) is 6.08 Å². The van der Waals surface area contributed by atoms with E-state index in [1.54, 1.807) is 30.3 Å². The van der Waals surface area contributed by atoms with E-state index < -0.39 is 23.7 Å². The molecule has 28 heavy (non-hydrogen) atoms. The summed E-state index contributed by atoms with van der Waals surface area (Å²) >= 11 is 6.27. The molecule has 0 bridgehead atoms. The van der Waals surface area contributed by atoms with Crippen LogP contribution in [0.4, 0.5) is 4.39 Å². The van der Waals surface area contributed by atoms with Crippen molar-refractivity contribution < 1.29 is 23.5 Å². The normalized spacial score (nSPS) is 17.0. The lowest BCUT2D eigenvalue weighted by Gasteiger charge is -2.24. The molecule has 1 amide bonds. The summed E-state index contributed by atoms with van der Waals surface area (Å²) in [5.74, 6) is -1.19. The summed E-state index contributed by atoms with van der Waals surface area (Å²) in [5, 5.41) is 9.51. The molecule has 8 heteroatoms. The van der Waals surface area contributed by atoms with E-state index in [2.05, 4.69) is 0 Å². The lowest BCUT2D eigenvalue weighted by Crippen LogP contribution is -2.44. The zero-order chi connectivity index (χ0) is 20.4. The molecule has 1 fully saturated rings. The van der Waals surface area contributed by atoms with Gasteiger partial charge in [0.2, 0.25) is 0 Å². The highest BCUT2D eigenvalue weighted by molar-refractivity contribution is 8.26. The maximum atomic E-state index is 13.9. The fourth-order valence-corrected chi connectivity index (χ4v) is 4.21. The molecule has 0 saturated carbocycles. The Bertz CT molecular complexity index is 967. The van der Waals surface area contributed by atoms with Crippen molar-refractivity contribution in [1.82, 2.24) is 4.90 Å². The predicted octanol–water partition coefficient (Wildman–Crippen LogP) is 4.79. The average Bonchev–Trinajstić information content (AvgIpc) is 3.18. The lowest BCUT2D eigenvalue weighted by atomic mass is 10.0. The Morgan fingerprint density at radius 2 is 2.04 bits per heavy atom. The SMILES string of the molecule is CC(C)CC(C(=O)O)N1C(=O)C(=Cc2ccc(-c3ccccc3F)o2)SC1=S. The van der Waals surface area contributed by atoms with Crippen molar-refractivity contribution in [2.75, 3.05) is 0 Å². The third kappa shape index (κ3) is 4.18. The van der Waals surface area contributed by atoms with Crippen molar-refractivity contribution in [3.05, 3.63) is 52.9 Å². The maximum absolute atomic E-state index is 13.9. The molecule has 2 heterocycles. The third-order valence-corrected chi connectivity index (χ3v) is 5.48. The van der Waals surface area contributed by atoms with E-state index in [1.807, 2.05) is 13.8 Å². The summed E-state index contributed by atoms with van der Waals surface area (Å²) in [7, 11) is 0. The Labute approximate surface area is 171 Å². The Kier molecular flexibility index (Phi) is 6.00. The zero-order valence-electron chi connectivity index (χ0n) is 15.2. The summed E-state index contributed by atoms with van der Waals surface area (Å²) in [5.41, 5.74) is 0.317. The van der Waals surface area contributed by atoms with Crippen LogP contribution in [-0.2, 0) is 9.59 Å². The van der Waals surface area contributed by atoms with Gasteiger partial charge in [-0.05, 0) is 36.6 Å². The molecule has 2 aromatic rings. The van der Waals surface area contributed by atoms with Crippen LogP contribution in [0.3, 0.4) is 0 Å². The van der Waals surface area contributed by atoms with E-state index in [9.17, 15) is 19.1 Å². The number of nitrogens with zero attached hydrogens (tertiary/aromatic N) is 1. The van der Waals surface area contributed by atoms with E-state index in [0.29, 0.717) is 23.5 Å². The number of hydrogen-bond acceptors (Lipinski definition) is 5. The minimum absolute atomic E-state index is 0.0862. The molecule has 3 rings (SSSR count). The van der Waals surface area contributed by atoms with E-state index in [4.69, 9.17) is 16.6 Å². The van der Waals surface area contributed by atoms with Crippen molar-refractivity contribution in [3.8, 4) is 11.3 Å². The molecule has 0 radical (unpaired) electrons. The first kappa shape index (κ1) is 20.3. The van der Waals surface area contributed by atoms with Crippen molar-refractivity contribution in [3.63, 3.8) is 0 Å². The number of thioether (sulfide) groups is 1. The first-order chi connectivity index (χ1) is 13.3. The number of benzene rings is 1. The van der Waals surface area contributed by atoms with Gasteiger partial charge in [-0.3, -0.25) is 9.69 Å². The van der Waals surface area contributed by atoms with Gasteiger partial charge in [0.25, 0.3) is 5.91 Å². The monoisotopic (exact) mass is 419 g/mol. The van der Waals surface area contributed by atoms with E-state index in [-0.39, 0.29) is 15.1 Å². The number of furan rings is 1. The molecule has 5 nitrogen and oxygen atoms in total. The van der Waals surface area contributed by atoms with Gasteiger partial charge in [0.15, 0.2) is 0 Å².